The molecule has 0 aromatic carbocycles. The highest BCUT2D eigenvalue weighted by atomic mass is 35.5. The molecular weight excluding hydrogens is 214 g/mol. The largest absolute Gasteiger partial charge is 0.384 e. The summed E-state index contributed by atoms with van der Waals surface area (Å²) in [4.78, 5) is 17.2. The molecule has 0 aliphatic heterocycles. The molecule has 0 atom stereocenters. The number of amides is 1. The van der Waals surface area contributed by atoms with Crippen molar-refractivity contribution in [2.24, 2.45) is 0 Å². The van der Waals surface area contributed by atoms with Crippen molar-refractivity contribution in [1.29, 1.82) is 0 Å². The van der Waals surface area contributed by atoms with E-state index in [0.29, 0.717) is 12.1 Å². The van der Waals surface area contributed by atoms with Crippen LogP contribution in [0.15, 0.2) is 12.1 Å². The molecule has 0 saturated carbocycles. The molecule has 0 radical (unpaired) electrons. The first-order valence-corrected chi connectivity index (χ1v) is 5.11. The number of carbonyl (C=O) groups excluding carboxylic acids is 1. The molecule has 0 aliphatic carbocycles. The lowest BCUT2D eigenvalue weighted by atomic mass is 10.2. The number of nitrogen functional groups attached to an aromatic ring is 1. The van der Waals surface area contributed by atoms with Crippen LogP contribution in [0, 0.1) is 0 Å². The van der Waals surface area contributed by atoms with E-state index in [1.165, 1.54) is 12.1 Å². The second-order valence-corrected chi connectivity index (χ2v) is 3.72. The third-order valence-electron chi connectivity index (χ3n) is 1.97. The maximum absolute atomic E-state index is 11.8. The van der Waals surface area contributed by atoms with Gasteiger partial charge < -0.3 is 10.6 Å². The summed E-state index contributed by atoms with van der Waals surface area (Å²) in [5.74, 6) is 0.170. The molecule has 4 nitrogen and oxygen atoms in total. The zero-order chi connectivity index (χ0) is 11.4. The van der Waals surface area contributed by atoms with E-state index in [9.17, 15) is 4.79 Å². The fraction of sp³-hybridized carbons (Fsp3) is 0.400. The molecule has 0 spiro atoms. The van der Waals surface area contributed by atoms with Crippen molar-refractivity contribution in [3.63, 3.8) is 0 Å². The van der Waals surface area contributed by atoms with Crippen LogP contribution >= 0.6 is 11.6 Å². The van der Waals surface area contributed by atoms with Gasteiger partial charge in [0.15, 0.2) is 0 Å². The van der Waals surface area contributed by atoms with Crippen LogP contribution in [0.2, 0.25) is 5.15 Å². The van der Waals surface area contributed by atoms with Crippen molar-refractivity contribution in [2.75, 3.05) is 19.3 Å². The minimum atomic E-state index is -0.0900. The summed E-state index contributed by atoms with van der Waals surface area (Å²) in [5.41, 5.74) is 5.98. The van der Waals surface area contributed by atoms with Crippen LogP contribution in [0.5, 0.6) is 0 Å². The van der Waals surface area contributed by atoms with E-state index in [1.54, 1.807) is 11.9 Å². The zero-order valence-electron chi connectivity index (χ0n) is 8.83. The third kappa shape index (κ3) is 3.09. The monoisotopic (exact) mass is 227 g/mol. The number of aromatic nitrogens is 1. The van der Waals surface area contributed by atoms with Crippen molar-refractivity contribution >= 4 is 23.3 Å². The van der Waals surface area contributed by atoms with Crippen molar-refractivity contribution in [1.82, 2.24) is 9.88 Å². The van der Waals surface area contributed by atoms with Crippen LogP contribution in [0.25, 0.3) is 0 Å². The Balaban J connectivity index is 2.90. The number of halogens is 1. The minimum absolute atomic E-state index is 0.0900. The van der Waals surface area contributed by atoms with Crippen molar-refractivity contribution in [3.05, 3.63) is 22.8 Å². The molecule has 82 valence electrons. The van der Waals surface area contributed by atoms with Gasteiger partial charge in [-0.3, -0.25) is 4.79 Å². The van der Waals surface area contributed by atoms with E-state index in [4.69, 9.17) is 17.3 Å². The third-order valence-corrected chi connectivity index (χ3v) is 2.16. The van der Waals surface area contributed by atoms with E-state index < -0.39 is 0 Å². The van der Waals surface area contributed by atoms with Crippen LogP contribution in [0.3, 0.4) is 0 Å². The topological polar surface area (TPSA) is 59.2 Å². The number of nitrogens with zero attached hydrogens (tertiary/aromatic N) is 2. The van der Waals surface area contributed by atoms with Gasteiger partial charge in [0.05, 0.1) is 0 Å². The molecule has 0 unspecified atom stereocenters. The predicted octanol–water partition coefficient (Wildman–Crippen LogP) is 1.80. The smallest absolute Gasteiger partial charge is 0.253 e. The number of hydrogen-bond donors (Lipinski definition) is 1. The van der Waals surface area contributed by atoms with Gasteiger partial charge in [0.1, 0.15) is 11.0 Å². The number of hydrogen-bond acceptors (Lipinski definition) is 3. The van der Waals surface area contributed by atoms with Crippen molar-refractivity contribution in [2.45, 2.75) is 13.3 Å². The number of pyridine rings is 1. The Morgan fingerprint density at radius 1 is 1.60 bits per heavy atom. The van der Waals surface area contributed by atoms with E-state index >= 15 is 0 Å². The second kappa shape index (κ2) is 4.98. The molecule has 0 bridgehead atoms. The molecule has 1 heterocycles. The number of carbonyl (C=O) groups is 1. The average molecular weight is 228 g/mol. The molecule has 0 saturated heterocycles. The lowest BCUT2D eigenvalue weighted by molar-refractivity contribution is 0.0795. The second-order valence-electron chi connectivity index (χ2n) is 3.33. The average Bonchev–Trinajstić information content (AvgIpc) is 2.15. The summed E-state index contributed by atoms with van der Waals surface area (Å²) in [7, 11) is 1.75. The molecule has 1 rings (SSSR count). The van der Waals surface area contributed by atoms with Gasteiger partial charge in [0, 0.05) is 19.2 Å². The van der Waals surface area contributed by atoms with Gasteiger partial charge in [-0.15, -0.1) is 0 Å². The van der Waals surface area contributed by atoms with E-state index in [-0.39, 0.29) is 16.9 Å². The van der Waals surface area contributed by atoms with Gasteiger partial charge in [-0.1, -0.05) is 18.5 Å². The maximum atomic E-state index is 11.8. The molecule has 1 aromatic rings. The highest BCUT2D eigenvalue weighted by Gasteiger charge is 2.12. The van der Waals surface area contributed by atoms with E-state index in [1.807, 2.05) is 6.92 Å². The minimum Gasteiger partial charge on any atom is -0.384 e. The first-order chi connectivity index (χ1) is 7.04. The summed E-state index contributed by atoms with van der Waals surface area (Å²) in [5, 5.41) is 0.239. The molecule has 1 aromatic heterocycles. The lowest BCUT2D eigenvalue weighted by Gasteiger charge is -2.16. The number of rotatable bonds is 3. The first kappa shape index (κ1) is 11.8. The lowest BCUT2D eigenvalue weighted by Crippen LogP contribution is -2.27. The van der Waals surface area contributed by atoms with Gasteiger partial charge in [-0.25, -0.2) is 4.98 Å². The summed E-state index contributed by atoms with van der Waals surface area (Å²) in [6.07, 6.45) is 0.913. The van der Waals surface area contributed by atoms with Crippen LogP contribution in [-0.4, -0.2) is 29.4 Å². The van der Waals surface area contributed by atoms with Crippen LogP contribution in [-0.2, 0) is 0 Å². The standard InChI is InChI=1S/C10H14ClN3O/c1-3-4-14(2)10(15)7-5-8(11)13-9(12)6-7/h5-6H,3-4H2,1-2H3,(H2,12,13). The Labute approximate surface area is 94.0 Å². The Morgan fingerprint density at radius 3 is 2.80 bits per heavy atom. The Kier molecular flexibility index (Phi) is 3.91. The highest BCUT2D eigenvalue weighted by Crippen LogP contribution is 2.13. The van der Waals surface area contributed by atoms with Crippen LogP contribution in [0.1, 0.15) is 23.7 Å². The molecule has 0 aliphatic rings. The summed E-state index contributed by atoms with van der Waals surface area (Å²) in [6.45, 7) is 2.72. The first-order valence-electron chi connectivity index (χ1n) is 4.73. The van der Waals surface area contributed by atoms with E-state index in [2.05, 4.69) is 4.98 Å². The number of nitrogens with two attached hydrogens (primary N) is 1. The normalized spacial score (nSPS) is 10.1. The molecule has 5 heteroatoms. The Morgan fingerprint density at radius 2 is 2.27 bits per heavy atom. The quantitative estimate of drug-likeness (QED) is 0.801. The summed E-state index contributed by atoms with van der Waals surface area (Å²) in [6, 6.07) is 3.05. The fourth-order valence-electron chi connectivity index (χ4n) is 1.30. The van der Waals surface area contributed by atoms with Crippen molar-refractivity contribution < 1.29 is 4.79 Å². The Bertz CT molecular complexity index is 347. The van der Waals surface area contributed by atoms with Crippen LogP contribution in [0.4, 0.5) is 5.82 Å². The highest BCUT2D eigenvalue weighted by molar-refractivity contribution is 6.29. The fourth-order valence-corrected chi connectivity index (χ4v) is 1.51. The van der Waals surface area contributed by atoms with E-state index in [0.717, 1.165) is 6.42 Å². The zero-order valence-corrected chi connectivity index (χ0v) is 9.58. The maximum Gasteiger partial charge on any atom is 0.253 e. The van der Waals surface area contributed by atoms with Gasteiger partial charge >= 0.3 is 0 Å². The molecule has 2 N–H and O–H groups in total. The SMILES string of the molecule is CCCN(C)C(=O)c1cc(N)nc(Cl)c1. The van der Waals surface area contributed by atoms with Gasteiger partial charge in [0.25, 0.3) is 5.91 Å². The predicted molar refractivity (Wildman–Crippen MR) is 60.9 cm³/mol. The molecular formula is C10H14ClN3O. The molecule has 15 heavy (non-hydrogen) atoms. The van der Waals surface area contributed by atoms with Gasteiger partial charge in [0.2, 0.25) is 0 Å². The number of anilines is 1. The van der Waals surface area contributed by atoms with Gasteiger partial charge in [-0.05, 0) is 18.6 Å². The molecule has 0 fully saturated rings. The summed E-state index contributed by atoms with van der Waals surface area (Å²) < 4.78 is 0. The Hall–Kier alpha value is -1.29. The molecule has 1 amide bonds. The van der Waals surface area contributed by atoms with Crippen molar-refractivity contribution in [3.8, 4) is 0 Å². The summed E-state index contributed by atoms with van der Waals surface area (Å²) >= 11 is 5.71. The van der Waals surface area contributed by atoms with Crippen LogP contribution < -0.4 is 5.73 Å². The van der Waals surface area contributed by atoms with Gasteiger partial charge in [-0.2, -0.15) is 0 Å².